The molecule has 0 radical (unpaired) electrons. The third-order valence-corrected chi connectivity index (χ3v) is 4.60. The Kier molecular flexibility index (Phi) is 7.25. The molecule has 7 nitrogen and oxygen atoms in total. The summed E-state index contributed by atoms with van der Waals surface area (Å²) in [5.74, 6) is -0.106. The van der Waals surface area contributed by atoms with Gasteiger partial charge in [-0.15, -0.1) is 0 Å². The van der Waals surface area contributed by atoms with Crippen LogP contribution >= 0.6 is 11.8 Å². The maximum atomic E-state index is 12.8. The number of amides is 2. The van der Waals surface area contributed by atoms with Crippen LogP contribution in [0.4, 0.5) is 0 Å². The molecular formula is C19H20N2O5S. The van der Waals surface area contributed by atoms with Gasteiger partial charge in [0.05, 0.1) is 25.3 Å². The van der Waals surface area contributed by atoms with Gasteiger partial charge in [0.15, 0.2) is 11.5 Å². The lowest BCUT2D eigenvalue weighted by atomic mass is 10.2. The number of benzene rings is 2. The highest BCUT2D eigenvalue weighted by Crippen LogP contribution is 2.35. The molecule has 0 saturated heterocycles. The fraction of sp³-hybridized carbons (Fsp3) is 0.211. The summed E-state index contributed by atoms with van der Waals surface area (Å²) in [6.07, 6.45) is 0.0426. The normalized spacial score (nSPS) is 10.1. The van der Waals surface area contributed by atoms with E-state index in [1.165, 1.54) is 14.2 Å². The second-order valence-electron chi connectivity index (χ2n) is 5.40. The van der Waals surface area contributed by atoms with E-state index in [2.05, 4.69) is 5.32 Å². The van der Waals surface area contributed by atoms with Gasteiger partial charge < -0.3 is 20.5 Å². The highest BCUT2D eigenvalue weighted by Gasteiger charge is 2.20. The zero-order valence-electron chi connectivity index (χ0n) is 15.0. The van der Waals surface area contributed by atoms with Crippen molar-refractivity contribution in [1.82, 2.24) is 5.32 Å². The summed E-state index contributed by atoms with van der Waals surface area (Å²) in [7, 11) is 2.95. The minimum atomic E-state index is -0.502. The molecule has 142 valence electrons. The molecule has 0 unspecified atom stereocenters. The second kappa shape index (κ2) is 9.63. The molecule has 2 amide bonds. The predicted molar refractivity (Wildman–Crippen MR) is 102 cm³/mol. The van der Waals surface area contributed by atoms with Gasteiger partial charge in [0, 0.05) is 17.9 Å². The molecule has 0 heterocycles. The summed E-state index contributed by atoms with van der Waals surface area (Å²) < 4.78 is 10.5. The highest BCUT2D eigenvalue weighted by atomic mass is 32.2. The van der Waals surface area contributed by atoms with E-state index >= 15 is 0 Å². The van der Waals surface area contributed by atoms with E-state index < -0.39 is 5.91 Å². The van der Waals surface area contributed by atoms with E-state index in [-0.39, 0.29) is 24.0 Å². The van der Waals surface area contributed by atoms with Crippen molar-refractivity contribution >= 4 is 28.7 Å². The topological polar surface area (TPSA) is 108 Å². The van der Waals surface area contributed by atoms with E-state index in [0.717, 1.165) is 11.8 Å². The minimum Gasteiger partial charge on any atom is -0.493 e. The first-order chi connectivity index (χ1) is 13.0. The SMILES string of the molecule is COc1cccc(C(=O)Sc2ccccc2C(=O)NCCC(N)=O)c1OC. The van der Waals surface area contributed by atoms with Gasteiger partial charge in [0.25, 0.3) is 5.91 Å². The summed E-state index contributed by atoms with van der Waals surface area (Å²) in [6, 6.07) is 11.7. The van der Waals surface area contributed by atoms with Crippen LogP contribution in [0.15, 0.2) is 47.4 Å². The number of methoxy groups -OCH3 is 2. The third kappa shape index (κ3) is 5.24. The number of thioether (sulfide) groups is 1. The van der Waals surface area contributed by atoms with Crippen LogP contribution in [0, 0.1) is 0 Å². The van der Waals surface area contributed by atoms with Crippen molar-refractivity contribution in [2.45, 2.75) is 11.3 Å². The Morgan fingerprint density at radius 3 is 2.37 bits per heavy atom. The van der Waals surface area contributed by atoms with Crippen molar-refractivity contribution in [3.05, 3.63) is 53.6 Å². The number of nitrogens with two attached hydrogens (primary N) is 1. The van der Waals surface area contributed by atoms with Crippen molar-refractivity contribution in [2.75, 3.05) is 20.8 Å². The molecule has 8 heteroatoms. The van der Waals surface area contributed by atoms with E-state index in [9.17, 15) is 14.4 Å². The average Bonchev–Trinajstić information content (AvgIpc) is 2.67. The summed E-state index contributed by atoms with van der Waals surface area (Å²) in [5, 5.41) is 2.33. The number of para-hydroxylation sites is 1. The lowest BCUT2D eigenvalue weighted by Gasteiger charge is -2.12. The Balaban J connectivity index is 2.22. The third-order valence-electron chi connectivity index (χ3n) is 3.61. The number of rotatable bonds is 8. The van der Waals surface area contributed by atoms with Crippen LogP contribution in [-0.2, 0) is 4.79 Å². The van der Waals surface area contributed by atoms with E-state index in [4.69, 9.17) is 15.2 Å². The first-order valence-electron chi connectivity index (χ1n) is 8.06. The van der Waals surface area contributed by atoms with Crippen molar-refractivity contribution in [1.29, 1.82) is 0 Å². The maximum Gasteiger partial charge on any atom is 0.252 e. The molecule has 2 aromatic carbocycles. The highest BCUT2D eigenvalue weighted by molar-refractivity contribution is 8.14. The van der Waals surface area contributed by atoms with Crippen LogP contribution < -0.4 is 20.5 Å². The van der Waals surface area contributed by atoms with Crippen molar-refractivity contribution < 1.29 is 23.9 Å². The Hall–Kier alpha value is -3.00. The molecule has 0 spiro atoms. The zero-order valence-corrected chi connectivity index (χ0v) is 15.8. The Labute approximate surface area is 161 Å². The van der Waals surface area contributed by atoms with Gasteiger partial charge in [0.2, 0.25) is 11.0 Å². The molecular weight excluding hydrogens is 368 g/mol. The summed E-state index contributed by atoms with van der Waals surface area (Å²) in [6.45, 7) is 0.130. The van der Waals surface area contributed by atoms with Crippen LogP contribution in [0.5, 0.6) is 11.5 Å². The molecule has 0 aliphatic carbocycles. The van der Waals surface area contributed by atoms with Crippen LogP contribution in [0.3, 0.4) is 0 Å². The molecule has 3 N–H and O–H groups in total. The molecule has 27 heavy (non-hydrogen) atoms. The molecule has 2 aromatic rings. The van der Waals surface area contributed by atoms with Gasteiger partial charge in [-0.05, 0) is 36.0 Å². The van der Waals surface area contributed by atoms with Crippen molar-refractivity contribution in [3.63, 3.8) is 0 Å². The van der Waals surface area contributed by atoms with E-state index in [1.54, 1.807) is 42.5 Å². The molecule has 0 fully saturated rings. The van der Waals surface area contributed by atoms with Crippen LogP contribution in [0.25, 0.3) is 0 Å². The van der Waals surface area contributed by atoms with Crippen LogP contribution in [0.1, 0.15) is 27.1 Å². The molecule has 0 saturated carbocycles. The Morgan fingerprint density at radius 2 is 1.70 bits per heavy atom. The number of ether oxygens (including phenoxy) is 2. The van der Waals surface area contributed by atoms with Gasteiger partial charge in [0.1, 0.15) is 0 Å². The average molecular weight is 388 g/mol. The van der Waals surface area contributed by atoms with Crippen LogP contribution in [-0.4, -0.2) is 37.7 Å². The number of primary amides is 1. The predicted octanol–water partition coefficient (Wildman–Crippen LogP) is 2.24. The Morgan fingerprint density at radius 1 is 1.00 bits per heavy atom. The van der Waals surface area contributed by atoms with Gasteiger partial charge >= 0.3 is 0 Å². The smallest absolute Gasteiger partial charge is 0.252 e. The number of hydrogen-bond donors (Lipinski definition) is 2. The van der Waals surface area contributed by atoms with Gasteiger partial charge in [-0.25, -0.2) is 0 Å². The number of carbonyl (C=O) groups is 3. The molecule has 0 atom stereocenters. The zero-order chi connectivity index (χ0) is 19.8. The summed E-state index contributed by atoms with van der Waals surface area (Å²) in [4.78, 5) is 36.4. The number of carbonyl (C=O) groups excluding carboxylic acids is 3. The van der Waals surface area contributed by atoms with E-state index in [1.807, 2.05) is 0 Å². The fourth-order valence-electron chi connectivity index (χ4n) is 2.34. The second-order valence-corrected chi connectivity index (χ2v) is 6.41. The quantitative estimate of drug-likeness (QED) is 0.672. The fourth-order valence-corrected chi connectivity index (χ4v) is 3.23. The molecule has 0 aromatic heterocycles. The van der Waals surface area contributed by atoms with Gasteiger partial charge in [-0.1, -0.05) is 18.2 Å². The summed E-state index contributed by atoms with van der Waals surface area (Å²) in [5.41, 5.74) is 5.74. The largest absolute Gasteiger partial charge is 0.493 e. The lowest BCUT2D eigenvalue weighted by molar-refractivity contribution is -0.117. The minimum absolute atomic E-state index is 0.0426. The van der Waals surface area contributed by atoms with Gasteiger partial charge in [-0.2, -0.15) is 0 Å². The Bertz CT molecular complexity index is 854. The molecule has 0 bridgehead atoms. The summed E-state index contributed by atoms with van der Waals surface area (Å²) >= 11 is 0.913. The van der Waals surface area contributed by atoms with Crippen LogP contribution in [0.2, 0.25) is 0 Å². The van der Waals surface area contributed by atoms with Crippen molar-refractivity contribution in [2.24, 2.45) is 5.73 Å². The van der Waals surface area contributed by atoms with E-state index in [0.29, 0.717) is 27.5 Å². The lowest BCUT2D eigenvalue weighted by Crippen LogP contribution is -2.28. The molecule has 2 rings (SSSR count). The first-order valence-corrected chi connectivity index (χ1v) is 8.88. The maximum absolute atomic E-state index is 12.8. The van der Waals surface area contributed by atoms with Gasteiger partial charge in [-0.3, -0.25) is 14.4 Å². The van der Waals surface area contributed by atoms with Crippen molar-refractivity contribution in [3.8, 4) is 11.5 Å². The first kappa shape index (κ1) is 20.3. The number of nitrogens with one attached hydrogen (secondary N) is 1. The monoisotopic (exact) mass is 388 g/mol. The number of hydrogen-bond acceptors (Lipinski definition) is 6. The molecule has 0 aliphatic heterocycles. The molecule has 0 aliphatic rings. The standard InChI is InChI=1S/C19H20N2O5S/c1-25-14-8-5-7-13(17(14)26-2)19(24)27-15-9-4-3-6-12(15)18(23)21-11-10-16(20)22/h3-9H,10-11H2,1-2H3,(H2,20,22)(H,21,23).